The maximum absolute atomic E-state index is 8.99. The molecule has 0 bridgehead atoms. The number of hydrogen-bond donors (Lipinski definition) is 1. The molecule has 0 heterocycles. The molecule has 0 fully saturated rings. The van der Waals surface area contributed by atoms with E-state index in [1.165, 1.54) is 5.56 Å². The third kappa shape index (κ3) is 41.1. The van der Waals surface area contributed by atoms with Gasteiger partial charge in [0.05, 0.1) is 39.6 Å². The van der Waals surface area contributed by atoms with E-state index < -0.39 is 0 Å². The Labute approximate surface area is 212 Å². The fraction of sp³-hybridized carbons (Fsp3) is 0.786. The first kappa shape index (κ1) is 40.0. The van der Waals surface area contributed by atoms with Crippen molar-refractivity contribution in [3.8, 4) is 5.75 Å². The Bertz CT molecular complexity index is 409. The Morgan fingerprint density at radius 3 is 1.29 bits per heavy atom. The Kier molecular flexibility index (Phi) is 46.0. The van der Waals surface area contributed by atoms with Crippen LogP contribution in [0.15, 0.2) is 24.3 Å². The van der Waals surface area contributed by atoms with Crippen molar-refractivity contribution in [3.63, 3.8) is 0 Å². The number of methoxy groups -OCH3 is 2. The van der Waals surface area contributed by atoms with Crippen LogP contribution in [-0.2, 0) is 30.1 Å². The largest absolute Gasteiger partial charge is 0.508 e. The number of aromatic hydroxyl groups is 1. The van der Waals surface area contributed by atoms with Gasteiger partial charge in [-0.15, -0.1) is 0 Å². The molecule has 1 aromatic rings. The fourth-order valence-electron chi connectivity index (χ4n) is 2.10. The molecule has 0 aliphatic heterocycles. The van der Waals surface area contributed by atoms with Crippen molar-refractivity contribution in [2.75, 3.05) is 67.1 Å². The molecule has 1 aromatic carbocycles. The summed E-state index contributed by atoms with van der Waals surface area (Å²) in [6.07, 6.45) is 3.24. The van der Waals surface area contributed by atoms with Gasteiger partial charge in [-0.3, -0.25) is 0 Å². The molecular formula is C28H58O6. The second-order valence-electron chi connectivity index (χ2n) is 7.09. The molecule has 0 saturated heterocycles. The highest BCUT2D eigenvalue weighted by Gasteiger charge is 1.96. The molecule has 1 rings (SSSR count). The van der Waals surface area contributed by atoms with Gasteiger partial charge in [0.25, 0.3) is 0 Å². The lowest BCUT2D eigenvalue weighted by atomic mass is 10.0. The third-order valence-electron chi connectivity index (χ3n) is 3.51. The summed E-state index contributed by atoms with van der Waals surface area (Å²) in [6, 6.07) is 7.40. The molecule has 206 valence electrons. The van der Waals surface area contributed by atoms with Gasteiger partial charge in [0.15, 0.2) is 0 Å². The number of phenolic OH excluding ortho intramolecular Hbond substituents is 1. The van der Waals surface area contributed by atoms with Crippen LogP contribution in [0.4, 0.5) is 0 Å². The van der Waals surface area contributed by atoms with Crippen LogP contribution in [0.3, 0.4) is 0 Å². The van der Waals surface area contributed by atoms with Gasteiger partial charge in [0.1, 0.15) is 5.75 Å². The lowest BCUT2D eigenvalue weighted by molar-refractivity contribution is 0.0250. The van der Waals surface area contributed by atoms with Gasteiger partial charge in [-0.1, -0.05) is 67.5 Å². The maximum Gasteiger partial charge on any atom is 0.115 e. The first-order chi connectivity index (χ1) is 16.5. The Morgan fingerprint density at radius 2 is 0.971 bits per heavy atom. The summed E-state index contributed by atoms with van der Waals surface area (Å²) >= 11 is 0. The minimum absolute atomic E-state index is 0.345. The van der Waals surface area contributed by atoms with Crippen LogP contribution >= 0.6 is 0 Å². The van der Waals surface area contributed by atoms with E-state index in [0.29, 0.717) is 44.7 Å². The molecule has 0 spiro atoms. The molecule has 1 N–H and O–H groups in total. The molecule has 34 heavy (non-hydrogen) atoms. The number of benzene rings is 1. The van der Waals surface area contributed by atoms with Crippen LogP contribution < -0.4 is 0 Å². The summed E-state index contributed by atoms with van der Waals surface area (Å²) in [5.74, 6) is 1.03. The van der Waals surface area contributed by atoms with Crippen molar-refractivity contribution in [2.45, 2.75) is 74.7 Å². The third-order valence-corrected chi connectivity index (χ3v) is 3.51. The second-order valence-corrected chi connectivity index (χ2v) is 7.09. The van der Waals surface area contributed by atoms with Gasteiger partial charge in [-0.05, 0) is 42.9 Å². The molecule has 0 amide bonds. The average Bonchev–Trinajstić information content (AvgIpc) is 2.86. The summed E-state index contributed by atoms with van der Waals surface area (Å²) < 4.78 is 25.0. The highest BCUT2D eigenvalue weighted by molar-refractivity contribution is 5.25. The van der Waals surface area contributed by atoms with Gasteiger partial charge in [0.2, 0.25) is 0 Å². The van der Waals surface area contributed by atoms with Crippen LogP contribution in [0.1, 0.15) is 73.8 Å². The summed E-state index contributed by atoms with van der Waals surface area (Å²) in [4.78, 5) is 0. The molecule has 0 radical (unpaired) electrons. The maximum atomic E-state index is 8.99. The van der Waals surface area contributed by atoms with Crippen LogP contribution in [0.25, 0.3) is 0 Å². The summed E-state index contributed by atoms with van der Waals surface area (Å²) in [6.45, 7) is 22.3. The minimum atomic E-state index is 0.345. The van der Waals surface area contributed by atoms with E-state index in [4.69, 9.17) is 28.8 Å². The number of phenols is 1. The Hall–Kier alpha value is -1.18. The summed E-state index contributed by atoms with van der Waals surface area (Å²) in [7, 11) is 3.34. The molecule has 0 aliphatic rings. The van der Waals surface area contributed by atoms with E-state index in [-0.39, 0.29) is 0 Å². The van der Waals surface area contributed by atoms with Gasteiger partial charge in [0, 0.05) is 27.4 Å². The zero-order valence-electron chi connectivity index (χ0n) is 24.2. The fourth-order valence-corrected chi connectivity index (χ4v) is 2.10. The molecule has 0 aromatic heterocycles. The summed E-state index contributed by atoms with van der Waals surface area (Å²) in [5.41, 5.74) is 1.29. The summed E-state index contributed by atoms with van der Waals surface area (Å²) in [5, 5.41) is 8.99. The Morgan fingerprint density at radius 1 is 0.618 bits per heavy atom. The van der Waals surface area contributed by atoms with Crippen LogP contribution in [0, 0.1) is 5.92 Å². The van der Waals surface area contributed by atoms with Crippen LogP contribution in [0.2, 0.25) is 0 Å². The zero-order valence-corrected chi connectivity index (χ0v) is 24.2. The highest BCUT2D eigenvalue weighted by atomic mass is 16.5. The van der Waals surface area contributed by atoms with Crippen molar-refractivity contribution in [1.29, 1.82) is 0 Å². The number of ether oxygens (including phenoxy) is 5. The van der Waals surface area contributed by atoms with E-state index in [1.54, 1.807) is 26.4 Å². The lowest BCUT2D eigenvalue weighted by Gasteiger charge is -2.03. The molecule has 6 heteroatoms. The number of rotatable bonds is 15. The minimum Gasteiger partial charge on any atom is -0.508 e. The highest BCUT2D eigenvalue weighted by Crippen LogP contribution is 2.12. The predicted octanol–water partition coefficient (Wildman–Crippen LogP) is 6.78. The van der Waals surface area contributed by atoms with Gasteiger partial charge in [-0.25, -0.2) is 0 Å². The monoisotopic (exact) mass is 490 g/mol. The molecule has 0 atom stereocenters. The van der Waals surface area contributed by atoms with Crippen LogP contribution in [0.5, 0.6) is 5.75 Å². The van der Waals surface area contributed by atoms with E-state index in [0.717, 1.165) is 39.1 Å². The van der Waals surface area contributed by atoms with Crippen molar-refractivity contribution < 1.29 is 28.8 Å². The molecule has 6 nitrogen and oxygen atoms in total. The smallest absolute Gasteiger partial charge is 0.115 e. The van der Waals surface area contributed by atoms with Gasteiger partial charge < -0.3 is 28.8 Å². The quantitative estimate of drug-likeness (QED) is 0.273. The first-order valence-corrected chi connectivity index (χ1v) is 13.0. The molecular weight excluding hydrogens is 432 g/mol. The van der Waals surface area contributed by atoms with E-state index >= 15 is 0 Å². The Balaban J connectivity index is -0.000000187. The SMILES string of the molecule is CC.CC.CC(C)Cc1ccc(O)cc1.CCCOCCOC.CCCOCCOCCOC. The van der Waals surface area contributed by atoms with E-state index in [9.17, 15) is 0 Å². The topological polar surface area (TPSA) is 66.4 Å². The molecule has 0 aliphatic carbocycles. The average molecular weight is 491 g/mol. The second kappa shape index (κ2) is 39.1. The normalized spacial score (nSPS) is 9.38. The van der Waals surface area contributed by atoms with Crippen molar-refractivity contribution in [2.24, 2.45) is 5.92 Å². The standard InChI is InChI=1S/C10H14O.C8H18O3.C6H14O2.2C2H6/c1-8(2)7-9-3-5-10(11)6-4-9;1-3-4-10-7-8-11-6-5-9-2;1-3-4-8-6-5-7-2;2*1-2/h3-6,8,11H,7H2,1-2H3;3-8H2,1-2H3;3-6H2,1-2H3;2*1-2H3. The lowest BCUT2D eigenvalue weighted by Crippen LogP contribution is -2.08. The predicted molar refractivity (Wildman–Crippen MR) is 146 cm³/mol. The van der Waals surface area contributed by atoms with Gasteiger partial charge in [-0.2, -0.15) is 0 Å². The molecule has 0 unspecified atom stereocenters. The number of hydrogen-bond acceptors (Lipinski definition) is 6. The van der Waals surface area contributed by atoms with Crippen molar-refractivity contribution in [1.82, 2.24) is 0 Å². The van der Waals surface area contributed by atoms with E-state index in [1.807, 2.05) is 39.8 Å². The molecule has 0 saturated carbocycles. The van der Waals surface area contributed by atoms with Crippen molar-refractivity contribution >= 4 is 0 Å². The van der Waals surface area contributed by atoms with Crippen LogP contribution in [-0.4, -0.2) is 72.2 Å². The van der Waals surface area contributed by atoms with Crippen molar-refractivity contribution in [3.05, 3.63) is 29.8 Å². The first-order valence-electron chi connectivity index (χ1n) is 13.0. The van der Waals surface area contributed by atoms with Gasteiger partial charge >= 0.3 is 0 Å². The van der Waals surface area contributed by atoms with E-state index in [2.05, 4.69) is 27.7 Å². The zero-order chi connectivity index (χ0) is 26.9.